The maximum atomic E-state index is 13.2. The predicted molar refractivity (Wildman–Crippen MR) is 58.7 cm³/mol. The van der Waals surface area contributed by atoms with Crippen LogP contribution >= 0.6 is 23.2 Å². The number of hydrazone groups is 1. The van der Waals surface area contributed by atoms with Crippen LogP contribution in [0.4, 0.5) is 14.5 Å². The first kappa shape index (κ1) is 13.2. The lowest BCUT2D eigenvalue weighted by Gasteiger charge is -2.06. The van der Waals surface area contributed by atoms with Crippen LogP contribution in [0.3, 0.4) is 0 Å². The Kier molecular flexibility index (Phi) is 4.22. The minimum absolute atomic E-state index is 0.242. The fourth-order valence-corrected chi connectivity index (χ4v) is 1.23. The summed E-state index contributed by atoms with van der Waals surface area (Å²) in [4.78, 5) is 0. The van der Waals surface area contributed by atoms with Gasteiger partial charge in [-0.3, -0.25) is 5.43 Å². The summed E-state index contributed by atoms with van der Waals surface area (Å²) in [6, 6.07) is 3.70. The Bertz CT molecular complexity index is 556. The lowest BCUT2D eigenvalue weighted by atomic mass is 10.3. The Morgan fingerprint density at radius 2 is 1.82 bits per heavy atom. The van der Waals surface area contributed by atoms with Gasteiger partial charge in [0.25, 0.3) is 0 Å². The molecule has 0 spiro atoms. The zero-order valence-corrected chi connectivity index (χ0v) is 9.44. The van der Waals surface area contributed by atoms with E-state index in [2.05, 4.69) is 10.5 Å². The largest absolute Gasteiger partial charge is 0.275 e. The van der Waals surface area contributed by atoms with Gasteiger partial charge in [-0.25, -0.2) is 8.78 Å². The molecule has 0 atom stereocenters. The third kappa shape index (κ3) is 2.82. The maximum absolute atomic E-state index is 13.2. The van der Waals surface area contributed by atoms with Crippen molar-refractivity contribution in [1.29, 1.82) is 10.5 Å². The second-order valence-corrected chi connectivity index (χ2v) is 3.40. The monoisotopic (exact) mass is 274 g/mol. The van der Waals surface area contributed by atoms with Crippen molar-refractivity contribution in [3.05, 3.63) is 27.7 Å². The van der Waals surface area contributed by atoms with E-state index in [-0.39, 0.29) is 5.69 Å². The molecule has 0 aliphatic heterocycles. The quantitative estimate of drug-likeness (QED) is 0.390. The third-order valence-corrected chi connectivity index (χ3v) is 2.32. The standard InChI is InChI=1S/C9H2Cl2F2N4/c10-7-5(12)1-6(8(11)9(7)13)17-16-4(2-14)3-15/h1,17H. The number of hydrogen-bond acceptors (Lipinski definition) is 4. The molecule has 0 radical (unpaired) electrons. The molecule has 1 N–H and O–H groups in total. The van der Waals surface area contributed by atoms with Crippen molar-refractivity contribution < 1.29 is 8.78 Å². The SMILES string of the molecule is N#CC(C#N)=NNc1cc(F)c(Cl)c(F)c1Cl. The summed E-state index contributed by atoms with van der Waals surface area (Å²) in [7, 11) is 0. The van der Waals surface area contributed by atoms with Crippen LogP contribution in [-0.4, -0.2) is 5.71 Å². The molecule has 4 nitrogen and oxygen atoms in total. The summed E-state index contributed by atoms with van der Waals surface area (Å²) in [5.41, 5.74) is 1.34. The molecule has 0 heterocycles. The molecule has 1 rings (SSSR count). The third-order valence-electron chi connectivity index (χ3n) is 1.60. The Labute approximate surface area is 105 Å². The zero-order chi connectivity index (χ0) is 13.0. The first-order valence-corrected chi connectivity index (χ1v) is 4.73. The lowest BCUT2D eigenvalue weighted by molar-refractivity contribution is 0.585. The van der Waals surface area contributed by atoms with Gasteiger partial charge in [-0.15, -0.1) is 0 Å². The fraction of sp³-hybridized carbons (Fsp3) is 0. The van der Waals surface area contributed by atoms with E-state index in [0.29, 0.717) is 0 Å². The molecular weight excluding hydrogens is 273 g/mol. The summed E-state index contributed by atoms with van der Waals surface area (Å²) in [6.07, 6.45) is 0. The van der Waals surface area contributed by atoms with Crippen LogP contribution < -0.4 is 5.43 Å². The van der Waals surface area contributed by atoms with E-state index in [1.54, 1.807) is 0 Å². The Hall–Kier alpha value is -1.89. The van der Waals surface area contributed by atoms with E-state index in [4.69, 9.17) is 33.7 Å². The van der Waals surface area contributed by atoms with E-state index in [0.717, 1.165) is 6.07 Å². The highest BCUT2D eigenvalue weighted by Gasteiger charge is 2.15. The number of nitriles is 2. The fourth-order valence-electron chi connectivity index (χ4n) is 0.845. The summed E-state index contributed by atoms with van der Waals surface area (Å²) in [5.74, 6) is -2.19. The number of halogens is 4. The van der Waals surface area contributed by atoms with Crippen molar-refractivity contribution in [2.45, 2.75) is 0 Å². The maximum Gasteiger partial charge on any atom is 0.237 e. The molecule has 1 aromatic rings. The second-order valence-electron chi connectivity index (χ2n) is 2.64. The molecule has 86 valence electrons. The Morgan fingerprint density at radius 3 is 2.35 bits per heavy atom. The Balaban J connectivity index is 3.15. The summed E-state index contributed by atoms with van der Waals surface area (Å²) in [5, 5.41) is 18.8. The minimum Gasteiger partial charge on any atom is -0.275 e. The minimum atomic E-state index is -1.15. The highest BCUT2D eigenvalue weighted by molar-refractivity contribution is 6.36. The van der Waals surface area contributed by atoms with E-state index >= 15 is 0 Å². The summed E-state index contributed by atoms with van der Waals surface area (Å²) in [6.45, 7) is 0. The van der Waals surface area contributed by atoms with Gasteiger partial charge in [-0.1, -0.05) is 23.2 Å². The molecular formula is C9H2Cl2F2N4. The van der Waals surface area contributed by atoms with Gasteiger partial charge in [-0.2, -0.15) is 15.6 Å². The van der Waals surface area contributed by atoms with Crippen LogP contribution in [-0.2, 0) is 0 Å². The number of hydrogen-bond donors (Lipinski definition) is 1. The van der Waals surface area contributed by atoms with E-state index in [9.17, 15) is 8.78 Å². The number of benzene rings is 1. The first-order chi connectivity index (χ1) is 8.01. The van der Waals surface area contributed by atoms with Gasteiger partial charge < -0.3 is 0 Å². The van der Waals surface area contributed by atoms with Gasteiger partial charge >= 0.3 is 0 Å². The Morgan fingerprint density at radius 1 is 1.24 bits per heavy atom. The molecule has 0 bridgehead atoms. The zero-order valence-electron chi connectivity index (χ0n) is 7.93. The molecule has 0 aliphatic carbocycles. The lowest BCUT2D eigenvalue weighted by Crippen LogP contribution is -1.99. The van der Waals surface area contributed by atoms with Gasteiger partial charge in [0.05, 0.1) is 5.69 Å². The number of anilines is 1. The second kappa shape index (κ2) is 5.44. The first-order valence-electron chi connectivity index (χ1n) is 3.98. The van der Waals surface area contributed by atoms with Crippen molar-refractivity contribution in [1.82, 2.24) is 0 Å². The van der Waals surface area contributed by atoms with Crippen molar-refractivity contribution in [3.8, 4) is 12.1 Å². The van der Waals surface area contributed by atoms with Crippen LogP contribution in [0.15, 0.2) is 11.2 Å². The molecule has 0 aliphatic rings. The van der Waals surface area contributed by atoms with Crippen molar-refractivity contribution >= 4 is 34.6 Å². The highest BCUT2D eigenvalue weighted by atomic mass is 35.5. The highest BCUT2D eigenvalue weighted by Crippen LogP contribution is 2.32. The van der Waals surface area contributed by atoms with Crippen LogP contribution in [0.25, 0.3) is 0 Å². The molecule has 0 aromatic heterocycles. The van der Waals surface area contributed by atoms with E-state index in [1.165, 1.54) is 12.1 Å². The summed E-state index contributed by atoms with van der Waals surface area (Å²) < 4.78 is 26.3. The average molecular weight is 275 g/mol. The van der Waals surface area contributed by atoms with Gasteiger partial charge in [0.1, 0.15) is 28.0 Å². The van der Waals surface area contributed by atoms with E-state index < -0.39 is 27.4 Å². The van der Waals surface area contributed by atoms with Gasteiger partial charge in [-0.05, 0) is 0 Å². The molecule has 1 aromatic carbocycles. The van der Waals surface area contributed by atoms with Gasteiger partial charge in [0.2, 0.25) is 5.71 Å². The van der Waals surface area contributed by atoms with Crippen LogP contribution in [0, 0.1) is 34.3 Å². The molecule has 0 saturated heterocycles. The molecule has 0 unspecified atom stereocenters. The van der Waals surface area contributed by atoms with Crippen LogP contribution in [0.2, 0.25) is 10.0 Å². The normalized spacial score (nSPS) is 9.06. The molecule has 0 fully saturated rings. The number of nitrogens with one attached hydrogen (secondary N) is 1. The summed E-state index contributed by atoms with van der Waals surface area (Å²) >= 11 is 10.8. The average Bonchev–Trinajstić information content (AvgIpc) is 2.33. The van der Waals surface area contributed by atoms with Gasteiger partial charge in [0.15, 0.2) is 5.82 Å². The van der Waals surface area contributed by atoms with Crippen molar-refractivity contribution in [2.24, 2.45) is 5.10 Å². The van der Waals surface area contributed by atoms with Crippen LogP contribution in [0.5, 0.6) is 0 Å². The van der Waals surface area contributed by atoms with Crippen molar-refractivity contribution in [3.63, 3.8) is 0 Å². The van der Waals surface area contributed by atoms with E-state index in [1.807, 2.05) is 0 Å². The molecule has 0 saturated carbocycles. The van der Waals surface area contributed by atoms with Crippen molar-refractivity contribution in [2.75, 3.05) is 5.43 Å². The molecule has 0 amide bonds. The topological polar surface area (TPSA) is 72.0 Å². The molecule has 8 heteroatoms. The number of rotatable bonds is 2. The number of nitrogens with zero attached hydrogens (tertiary/aromatic N) is 3. The smallest absolute Gasteiger partial charge is 0.237 e. The van der Waals surface area contributed by atoms with Crippen LogP contribution in [0.1, 0.15) is 0 Å². The van der Waals surface area contributed by atoms with Gasteiger partial charge in [0, 0.05) is 6.07 Å². The predicted octanol–water partition coefficient (Wildman–Crippen LogP) is 3.09. The molecule has 17 heavy (non-hydrogen) atoms.